The molecule has 2 aromatic rings. The molecule has 12 heteroatoms. The van der Waals surface area contributed by atoms with Crippen LogP contribution in [-0.2, 0) is 41.5 Å². The first kappa shape index (κ1) is 35.4. The minimum absolute atomic E-state index is 0.00512. The van der Waals surface area contributed by atoms with Crippen molar-refractivity contribution in [1.29, 1.82) is 0 Å². The molecule has 3 saturated carbocycles. The quantitative estimate of drug-likeness (QED) is 0.241. The Kier molecular flexibility index (Phi) is 10.8. The molecule has 4 aliphatic rings. The zero-order valence-corrected chi connectivity index (χ0v) is 28.8. The van der Waals surface area contributed by atoms with Crippen LogP contribution in [0, 0.1) is 23.2 Å². The number of hydrogen-bond acceptors (Lipinski definition) is 7. The highest BCUT2D eigenvalue weighted by Gasteiger charge is 2.67. The molecule has 3 aliphatic carbocycles. The number of carbonyl (C=O) groups is 4. The van der Waals surface area contributed by atoms with Crippen LogP contribution in [0.25, 0.3) is 0 Å². The molecule has 2 aromatic carbocycles. The van der Waals surface area contributed by atoms with Crippen molar-refractivity contribution in [2.45, 2.75) is 97.2 Å². The molecule has 11 nitrogen and oxygen atoms in total. The van der Waals surface area contributed by atoms with E-state index < -0.39 is 49.1 Å². The van der Waals surface area contributed by atoms with Crippen LogP contribution >= 0.6 is 0 Å². The van der Waals surface area contributed by atoms with Crippen LogP contribution in [0.4, 0.5) is 4.79 Å². The van der Waals surface area contributed by atoms with E-state index in [0.29, 0.717) is 11.8 Å². The van der Waals surface area contributed by atoms with Crippen LogP contribution in [0.15, 0.2) is 60.7 Å². The number of alkyl carbamates (subject to hydrolysis) is 1. The predicted molar refractivity (Wildman–Crippen MR) is 181 cm³/mol. The number of amides is 4. The number of ether oxygens (including phenoxy) is 1. The number of benzene rings is 2. The van der Waals surface area contributed by atoms with E-state index in [9.17, 15) is 19.2 Å². The number of rotatable bonds is 13. The average molecular weight is 661 g/mol. The van der Waals surface area contributed by atoms with Crippen molar-refractivity contribution < 1.29 is 33.2 Å². The minimum atomic E-state index is -1.02. The van der Waals surface area contributed by atoms with Gasteiger partial charge in [-0.15, -0.1) is 0 Å². The minimum Gasteiger partial charge on any atom is -0.445 e. The van der Waals surface area contributed by atoms with Gasteiger partial charge in [-0.2, -0.15) is 0 Å². The Morgan fingerprint density at radius 2 is 1.50 bits per heavy atom. The SMILES string of the molecule is CC(C)[C@H](NC(=O)OCc1ccccc1)C(=O)N[C@@H](Cc1ccccc1)C(=O)N[C@@H](C)C(=O)NCB1O[C@@H]2C[C@@H]3C[C@@H](C3(C)C)[C@]2(C)O1. The summed E-state index contributed by atoms with van der Waals surface area (Å²) in [5, 5.41) is 11.0. The van der Waals surface area contributed by atoms with Gasteiger partial charge in [0.15, 0.2) is 0 Å². The Morgan fingerprint density at radius 3 is 2.12 bits per heavy atom. The van der Waals surface area contributed by atoms with Gasteiger partial charge < -0.3 is 35.3 Å². The summed E-state index contributed by atoms with van der Waals surface area (Å²) < 4.78 is 17.9. The van der Waals surface area contributed by atoms with E-state index in [-0.39, 0.29) is 42.5 Å². The molecule has 1 aliphatic heterocycles. The Labute approximate surface area is 283 Å². The summed E-state index contributed by atoms with van der Waals surface area (Å²) in [6.45, 7) is 11.9. The topological polar surface area (TPSA) is 144 Å². The Hall–Kier alpha value is -3.90. The maximum Gasteiger partial charge on any atom is 0.478 e. The molecular weight excluding hydrogens is 611 g/mol. The van der Waals surface area contributed by atoms with Crippen molar-refractivity contribution in [3.05, 3.63) is 71.8 Å². The summed E-state index contributed by atoms with van der Waals surface area (Å²) in [6, 6.07) is 15.6. The molecule has 48 heavy (non-hydrogen) atoms. The van der Waals surface area contributed by atoms with E-state index in [0.717, 1.165) is 24.0 Å². The summed E-state index contributed by atoms with van der Waals surface area (Å²) in [7, 11) is -0.563. The van der Waals surface area contributed by atoms with Gasteiger partial charge in [0.2, 0.25) is 17.7 Å². The van der Waals surface area contributed by atoms with Crippen LogP contribution in [-0.4, -0.2) is 67.2 Å². The van der Waals surface area contributed by atoms with Crippen LogP contribution < -0.4 is 21.3 Å². The lowest BCUT2D eigenvalue weighted by Gasteiger charge is -2.64. The van der Waals surface area contributed by atoms with E-state index in [1.165, 1.54) is 0 Å². The standard InChI is InChI=1S/C36H49BN4O7/c1-22(2)30(41-34(45)46-20-25-15-11-8-12-16-25)33(44)40-27(17-24-13-9-7-10-14-24)32(43)39-23(3)31(42)38-21-37-47-29-19-26-18-28(35(26,4)5)36(29,6)48-37/h7-16,22-23,26-30H,17-21H2,1-6H3,(H,38,42)(H,39,43)(H,40,44)(H,41,45)/t23-,26-,27-,28-,29+,30-,36-/m0/s1. The monoisotopic (exact) mass is 660 g/mol. The van der Waals surface area contributed by atoms with E-state index >= 15 is 0 Å². The molecule has 0 spiro atoms. The molecule has 4 N–H and O–H groups in total. The molecule has 0 unspecified atom stereocenters. The molecule has 0 aromatic heterocycles. The van der Waals surface area contributed by atoms with E-state index in [1.807, 2.05) is 60.7 Å². The zero-order valence-electron chi connectivity index (χ0n) is 28.8. The van der Waals surface area contributed by atoms with Gasteiger partial charge in [0, 0.05) is 6.42 Å². The summed E-state index contributed by atoms with van der Waals surface area (Å²) >= 11 is 0. The summed E-state index contributed by atoms with van der Waals surface area (Å²) in [5.74, 6) is -0.735. The van der Waals surface area contributed by atoms with E-state index in [2.05, 4.69) is 42.0 Å². The number of nitrogens with one attached hydrogen (secondary N) is 4. The Balaban J connectivity index is 1.16. The summed E-state index contributed by atoms with van der Waals surface area (Å²) in [4.78, 5) is 52.8. The zero-order chi connectivity index (χ0) is 34.6. The second kappa shape index (κ2) is 14.7. The Morgan fingerprint density at radius 1 is 0.854 bits per heavy atom. The van der Waals surface area contributed by atoms with Crippen molar-refractivity contribution >= 4 is 30.9 Å². The Bertz CT molecular complexity index is 1460. The molecule has 0 radical (unpaired) electrons. The fraction of sp³-hybridized carbons (Fsp3) is 0.556. The highest BCUT2D eigenvalue weighted by molar-refractivity contribution is 6.46. The predicted octanol–water partition coefficient (Wildman–Crippen LogP) is 3.55. The lowest BCUT2D eigenvalue weighted by molar-refractivity contribution is -0.199. The average Bonchev–Trinajstić information content (AvgIpc) is 3.41. The molecule has 2 bridgehead atoms. The number of carbonyl (C=O) groups excluding carboxylic acids is 4. The van der Waals surface area contributed by atoms with Crippen molar-refractivity contribution in [1.82, 2.24) is 21.3 Å². The van der Waals surface area contributed by atoms with E-state index in [4.69, 9.17) is 14.0 Å². The van der Waals surface area contributed by atoms with Crippen molar-refractivity contribution in [3.8, 4) is 0 Å². The van der Waals surface area contributed by atoms with E-state index in [1.54, 1.807) is 20.8 Å². The molecule has 7 atom stereocenters. The smallest absolute Gasteiger partial charge is 0.445 e. The highest BCUT2D eigenvalue weighted by Crippen LogP contribution is 2.65. The van der Waals surface area contributed by atoms with Crippen LogP contribution in [0.5, 0.6) is 0 Å². The second-order valence-electron chi connectivity index (χ2n) is 14.6. The molecule has 258 valence electrons. The first-order valence-electron chi connectivity index (χ1n) is 17.0. The third-order valence-electron chi connectivity index (χ3n) is 10.5. The highest BCUT2D eigenvalue weighted by atomic mass is 16.7. The van der Waals surface area contributed by atoms with Crippen LogP contribution in [0.2, 0.25) is 0 Å². The molecule has 6 rings (SSSR count). The summed E-state index contributed by atoms with van der Waals surface area (Å²) in [6.07, 6.45) is 1.69. The lowest BCUT2D eigenvalue weighted by atomic mass is 9.43. The largest absolute Gasteiger partial charge is 0.478 e. The fourth-order valence-corrected chi connectivity index (χ4v) is 7.50. The summed E-state index contributed by atoms with van der Waals surface area (Å²) in [5.41, 5.74) is 1.47. The fourth-order valence-electron chi connectivity index (χ4n) is 7.50. The molecule has 4 fully saturated rings. The van der Waals surface area contributed by atoms with Crippen LogP contribution in [0.1, 0.15) is 65.5 Å². The third-order valence-corrected chi connectivity index (χ3v) is 10.5. The molecule has 1 saturated heterocycles. The van der Waals surface area contributed by atoms with Gasteiger partial charge in [-0.1, -0.05) is 88.4 Å². The van der Waals surface area contributed by atoms with Crippen molar-refractivity contribution in [2.24, 2.45) is 23.2 Å². The van der Waals surface area contributed by atoms with Gasteiger partial charge in [0.25, 0.3) is 0 Å². The first-order chi connectivity index (χ1) is 22.8. The first-order valence-corrected chi connectivity index (χ1v) is 17.0. The van der Waals surface area contributed by atoms with Crippen molar-refractivity contribution in [2.75, 3.05) is 6.44 Å². The van der Waals surface area contributed by atoms with Crippen LogP contribution in [0.3, 0.4) is 0 Å². The van der Waals surface area contributed by atoms with Gasteiger partial charge in [-0.05, 0) is 61.0 Å². The van der Waals surface area contributed by atoms with Gasteiger partial charge in [-0.3, -0.25) is 14.4 Å². The maximum absolute atomic E-state index is 13.6. The third kappa shape index (κ3) is 7.87. The maximum atomic E-state index is 13.6. The normalized spacial score (nSPS) is 25.5. The molecule has 4 amide bonds. The number of hydrogen-bond donors (Lipinski definition) is 4. The lowest BCUT2D eigenvalue weighted by Crippen LogP contribution is -2.65. The molecule has 1 heterocycles. The van der Waals surface area contributed by atoms with Gasteiger partial charge in [0.1, 0.15) is 24.7 Å². The van der Waals surface area contributed by atoms with Gasteiger partial charge in [-0.25, -0.2) is 4.79 Å². The van der Waals surface area contributed by atoms with Crippen molar-refractivity contribution in [3.63, 3.8) is 0 Å². The van der Waals surface area contributed by atoms with Gasteiger partial charge >= 0.3 is 13.2 Å². The van der Waals surface area contributed by atoms with Gasteiger partial charge in [0.05, 0.1) is 18.1 Å². The molecular formula is C36H49BN4O7. The second-order valence-corrected chi connectivity index (χ2v) is 14.6.